The summed E-state index contributed by atoms with van der Waals surface area (Å²) < 4.78 is 0. The number of carboxylic acids is 1. The predicted molar refractivity (Wildman–Crippen MR) is 73.7 cm³/mol. The van der Waals surface area contributed by atoms with Crippen LogP contribution in [0, 0.1) is 0 Å². The Morgan fingerprint density at radius 1 is 1.61 bits per heavy atom. The highest BCUT2D eigenvalue weighted by atomic mass is 35.5. The Bertz CT molecular complexity index is 427. The molecule has 100 valence electrons. The third-order valence-corrected chi connectivity index (χ3v) is 3.87. The Morgan fingerprint density at radius 3 is 2.78 bits per heavy atom. The lowest BCUT2D eigenvalue weighted by atomic mass is 10.2. The van der Waals surface area contributed by atoms with Crippen LogP contribution in [0.1, 0.15) is 17.3 Å². The van der Waals surface area contributed by atoms with E-state index >= 15 is 0 Å². The van der Waals surface area contributed by atoms with E-state index < -0.39 is 5.97 Å². The van der Waals surface area contributed by atoms with Gasteiger partial charge in [-0.25, -0.2) is 9.78 Å². The van der Waals surface area contributed by atoms with E-state index in [9.17, 15) is 9.90 Å². The van der Waals surface area contributed by atoms with E-state index in [1.807, 2.05) is 13.2 Å². The van der Waals surface area contributed by atoms with Crippen molar-refractivity contribution >= 4 is 35.1 Å². The van der Waals surface area contributed by atoms with Crippen LogP contribution < -0.4 is 5.32 Å². The molecule has 0 saturated heterocycles. The summed E-state index contributed by atoms with van der Waals surface area (Å²) >= 11 is 7.25. The molecular formula is C11H15ClN2O3S. The van der Waals surface area contributed by atoms with Crippen molar-refractivity contribution in [2.45, 2.75) is 18.2 Å². The Labute approximate surface area is 115 Å². The van der Waals surface area contributed by atoms with Crippen LogP contribution in [0.4, 0.5) is 5.82 Å². The smallest absolute Gasteiger partial charge is 0.339 e. The van der Waals surface area contributed by atoms with Gasteiger partial charge in [0.1, 0.15) is 16.5 Å². The first-order valence-corrected chi connectivity index (χ1v) is 6.96. The first-order chi connectivity index (χ1) is 8.49. The number of thioether (sulfide) groups is 1. The Kier molecular flexibility index (Phi) is 5.71. The molecule has 5 nitrogen and oxygen atoms in total. The van der Waals surface area contributed by atoms with Crippen molar-refractivity contribution in [3.05, 3.63) is 22.8 Å². The van der Waals surface area contributed by atoms with Gasteiger partial charge in [0.05, 0.1) is 6.61 Å². The van der Waals surface area contributed by atoms with Crippen LogP contribution in [-0.2, 0) is 0 Å². The lowest BCUT2D eigenvalue weighted by Gasteiger charge is -2.22. The molecule has 0 spiro atoms. The minimum Gasteiger partial charge on any atom is -0.478 e. The summed E-state index contributed by atoms with van der Waals surface area (Å²) in [7, 11) is 0. The first kappa shape index (κ1) is 15.1. The monoisotopic (exact) mass is 290 g/mol. The maximum atomic E-state index is 11.0. The van der Waals surface area contributed by atoms with Gasteiger partial charge in [0, 0.05) is 11.3 Å². The highest BCUT2D eigenvalue weighted by molar-refractivity contribution is 7.99. The molecule has 1 rings (SSSR count). The fraction of sp³-hybridized carbons (Fsp3) is 0.455. The minimum absolute atomic E-state index is 0.00168. The number of hydrogen-bond acceptors (Lipinski definition) is 5. The van der Waals surface area contributed by atoms with Gasteiger partial charge in [-0.15, -0.1) is 0 Å². The SMILES string of the molecule is CSC(CO)C(C)Nc1nc(Cl)ccc1C(=O)O. The zero-order chi connectivity index (χ0) is 13.7. The molecule has 1 heterocycles. The molecule has 18 heavy (non-hydrogen) atoms. The molecule has 1 aromatic heterocycles. The van der Waals surface area contributed by atoms with Gasteiger partial charge in [-0.3, -0.25) is 0 Å². The molecule has 0 aromatic carbocycles. The number of aliphatic hydroxyl groups excluding tert-OH is 1. The molecule has 2 unspecified atom stereocenters. The van der Waals surface area contributed by atoms with Crippen LogP contribution in [0.15, 0.2) is 12.1 Å². The standard InChI is InChI=1S/C11H15ClN2O3S/c1-6(8(5-15)18-2)13-10-7(11(16)17)3-4-9(12)14-10/h3-4,6,8,15H,5H2,1-2H3,(H,13,14)(H,16,17). The van der Waals surface area contributed by atoms with Crippen LogP contribution >= 0.6 is 23.4 Å². The number of carbonyl (C=O) groups is 1. The summed E-state index contributed by atoms with van der Waals surface area (Å²) in [6.45, 7) is 1.85. The lowest BCUT2D eigenvalue weighted by Crippen LogP contribution is -2.32. The second kappa shape index (κ2) is 6.82. The van der Waals surface area contributed by atoms with Gasteiger partial charge in [-0.2, -0.15) is 11.8 Å². The largest absolute Gasteiger partial charge is 0.478 e. The molecule has 0 aliphatic rings. The van der Waals surface area contributed by atoms with E-state index in [0.29, 0.717) is 0 Å². The zero-order valence-electron chi connectivity index (χ0n) is 10.1. The number of aromatic carboxylic acids is 1. The van der Waals surface area contributed by atoms with Gasteiger partial charge in [0.25, 0.3) is 0 Å². The van der Waals surface area contributed by atoms with Gasteiger partial charge in [0.15, 0.2) is 0 Å². The Hall–Kier alpha value is -0.980. The van der Waals surface area contributed by atoms with Crippen LogP contribution in [0.25, 0.3) is 0 Å². The molecule has 0 aliphatic heterocycles. The van der Waals surface area contributed by atoms with Crippen LogP contribution in [0.3, 0.4) is 0 Å². The topological polar surface area (TPSA) is 82.5 Å². The fourth-order valence-corrected chi connectivity index (χ4v) is 2.24. The van der Waals surface area contributed by atoms with Crippen LogP contribution in [-0.4, -0.2) is 45.3 Å². The molecule has 0 aliphatic carbocycles. The molecule has 0 amide bonds. The maximum Gasteiger partial charge on any atom is 0.339 e. The Morgan fingerprint density at radius 2 is 2.28 bits per heavy atom. The minimum atomic E-state index is -1.07. The van der Waals surface area contributed by atoms with E-state index in [1.54, 1.807) is 0 Å². The number of pyridine rings is 1. The van der Waals surface area contributed by atoms with E-state index in [1.165, 1.54) is 23.9 Å². The number of nitrogens with zero attached hydrogens (tertiary/aromatic N) is 1. The average molecular weight is 291 g/mol. The van der Waals surface area contributed by atoms with Crippen LogP contribution in [0.2, 0.25) is 5.15 Å². The highest BCUT2D eigenvalue weighted by Crippen LogP contribution is 2.20. The number of nitrogens with one attached hydrogen (secondary N) is 1. The van der Waals surface area contributed by atoms with Gasteiger partial charge in [0.2, 0.25) is 0 Å². The summed E-state index contributed by atoms with van der Waals surface area (Å²) in [5.41, 5.74) is 0.0593. The van der Waals surface area contributed by atoms with Crippen molar-refractivity contribution in [3.8, 4) is 0 Å². The zero-order valence-corrected chi connectivity index (χ0v) is 11.6. The van der Waals surface area contributed by atoms with Gasteiger partial charge in [-0.05, 0) is 25.3 Å². The molecule has 0 fully saturated rings. The second-order valence-corrected chi connectivity index (χ2v) is 5.19. The third kappa shape index (κ3) is 3.76. The molecule has 1 aromatic rings. The molecular weight excluding hydrogens is 276 g/mol. The van der Waals surface area contributed by atoms with E-state index in [4.69, 9.17) is 16.7 Å². The lowest BCUT2D eigenvalue weighted by molar-refractivity contribution is 0.0697. The normalized spacial score (nSPS) is 14.0. The number of aliphatic hydroxyl groups is 1. The van der Waals surface area contributed by atoms with Crippen molar-refractivity contribution < 1.29 is 15.0 Å². The number of anilines is 1. The first-order valence-electron chi connectivity index (χ1n) is 5.29. The quantitative estimate of drug-likeness (QED) is 0.695. The van der Waals surface area contributed by atoms with Gasteiger partial charge < -0.3 is 15.5 Å². The Balaban J connectivity index is 2.95. The van der Waals surface area contributed by atoms with Gasteiger partial charge >= 0.3 is 5.97 Å². The van der Waals surface area contributed by atoms with Crippen molar-refractivity contribution in [2.75, 3.05) is 18.2 Å². The van der Waals surface area contributed by atoms with Crippen molar-refractivity contribution in [1.82, 2.24) is 4.98 Å². The number of hydrogen-bond donors (Lipinski definition) is 3. The van der Waals surface area contributed by atoms with Crippen molar-refractivity contribution in [1.29, 1.82) is 0 Å². The average Bonchev–Trinajstić information content (AvgIpc) is 2.30. The van der Waals surface area contributed by atoms with E-state index in [0.717, 1.165) is 0 Å². The summed E-state index contributed by atoms with van der Waals surface area (Å²) in [5.74, 6) is -0.853. The summed E-state index contributed by atoms with van der Waals surface area (Å²) in [5, 5.41) is 21.4. The summed E-state index contributed by atoms with van der Waals surface area (Å²) in [4.78, 5) is 15.0. The summed E-state index contributed by atoms with van der Waals surface area (Å²) in [6.07, 6.45) is 1.88. The highest BCUT2D eigenvalue weighted by Gasteiger charge is 2.19. The summed E-state index contributed by atoms with van der Waals surface area (Å²) in [6, 6.07) is 2.70. The van der Waals surface area contributed by atoms with E-state index in [2.05, 4.69) is 10.3 Å². The fourth-order valence-electron chi connectivity index (χ4n) is 1.46. The second-order valence-electron chi connectivity index (χ2n) is 3.73. The van der Waals surface area contributed by atoms with Crippen LogP contribution in [0.5, 0.6) is 0 Å². The predicted octanol–water partition coefficient (Wildman–Crippen LogP) is 1.96. The maximum absolute atomic E-state index is 11.0. The molecule has 0 saturated carbocycles. The molecule has 3 N–H and O–H groups in total. The van der Waals surface area contributed by atoms with Crippen molar-refractivity contribution in [3.63, 3.8) is 0 Å². The van der Waals surface area contributed by atoms with Gasteiger partial charge in [-0.1, -0.05) is 11.6 Å². The molecule has 0 radical (unpaired) electrons. The molecule has 2 atom stereocenters. The molecule has 7 heteroatoms. The number of aromatic nitrogens is 1. The number of halogens is 1. The van der Waals surface area contributed by atoms with E-state index in [-0.39, 0.29) is 34.4 Å². The number of carboxylic acid groups (broad SMARTS) is 1. The molecule has 0 bridgehead atoms. The van der Waals surface area contributed by atoms with Crippen molar-refractivity contribution in [2.24, 2.45) is 0 Å². The third-order valence-electron chi connectivity index (χ3n) is 2.50. The number of rotatable bonds is 6.